The van der Waals surface area contributed by atoms with E-state index in [0.29, 0.717) is 26.1 Å². The van der Waals surface area contributed by atoms with Gasteiger partial charge < -0.3 is 10.4 Å². The molecule has 96 valence electrons. The number of benzene rings is 1. The Labute approximate surface area is 125 Å². The Kier molecular flexibility index (Phi) is 3.99. The number of carbonyl (C=O) groups is 2. The lowest BCUT2D eigenvalue weighted by atomic mass is 10.2. The molecule has 0 heterocycles. The predicted molar refractivity (Wildman–Crippen MR) is 74.7 cm³/mol. The molecule has 7 heteroatoms. The fourth-order valence-corrected chi connectivity index (χ4v) is 3.50. The van der Waals surface area contributed by atoms with Gasteiger partial charge >= 0.3 is 5.97 Å². The second-order valence-electron chi connectivity index (χ2n) is 4.02. The summed E-state index contributed by atoms with van der Waals surface area (Å²) in [5.41, 5.74) is 0.556. The van der Waals surface area contributed by atoms with Gasteiger partial charge in [0, 0.05) is 14.0 Å². The fourth-order valence-electron chi connectivity index (χ4n) is 1.64. The van der Waals surface area contributed by atoms with Gasteiger partial charge in [-0.1, -0.05) is 11.6 Å². The van der Waals surface area contributed by atoms with Crippen LogP contribution in [0.25, 0.3) is 0 Å². The molecule has 4 nitrogen and oxygen atoms in total. The SMILES string of the molecule is O=C(O)C1CC1C(=O)Nc1c(Br)cc(Cl)cc1Br. The maximum Gasteiger partial charge on any atom is 0.307 e. The van der Waals surface area contributed by atoms with Crippen LogP contribution in [-0.4, -0.2) is 17.0 Å². The van der Waals surface area contributed by atoms with E-state index in [9.17, 15) is 9.59 Å². The summed E-state index contributed by atoms with van der Waals surface area (Å²) in [6.07, 6.45) is 0.393. The number of carboxylic acid groups (broad SMARTS) is 1. The smallest absolute Gasteiger partial charge is 0.307 e. The average Bonchev–Trinajstić information content (AvgIpc) is 3.02. The van der Waals surface area contributed by atoms with Crippen LogP contribution in [0.1, 0.15) is 6.42 Å². The fraction of sp³-hybridized carbons (Fsp3) is 0.273. The summed E-state index contributed by atoms with van der Waals surface area (Å²) < 4.78 is 1.28. The van der Waals surface area contributed by atoms with E-state index in [-0.39, 0.29) is 5.91 Å². The van der Waals surface area contributed by atoms with Crippen LogP contribution < -0.4 is 5.32 Å². The van der Waals surface area contributed by atoms with Crippen molar-refractivity contribution in [2.24, 2.45) is 11.8 Å². The van der Waals surface area contributed by atoms with E-state index in [1.54, 1.807) is 12.1 Å². The summed E-state index contributed by atoms with van der Waals surface area (Å²) in [5, 5.41) is 12.0. The Balaban J connectivity index is 2.11. The van der Waals surface area contributed by atoms with Gasteiger partial charge in [0.2, 0.25) is 5.91 Å². The van der Waals surface area contributed by atoms with Crippen LogP contribution in [0.3, 0.4) is 0 Å². The lowest BCUT2D eigenvalue weighted by Gasteiger charge is -2.09. The van der Waals surface area contributed by atoms with Gasteiger partial charge in [0.15, 0.2) is 0 Å². The number of hydrogen-bond acceptors (Lipinski definition) is 2. The standard InChI is InChI=1S/C11H8Br2ClNO3/c12-7-1-4(14)2-8(13)9(7)15-10(16)5-3-6(5)11(17)18/h1-2,5-6H,3H2,(H,15,16)(H,17,18). The molecule has 1 aromatic carbocycles. The highest BCUT2D eigenvalue weighted by Crippen LogP contribution is 2.41. The molecule has 1 aliphatic carbocycles. The van der Waals surface area contributed by atoms with E-state index in [4.69, 9.17) is 16.7 Å². The largest absolute Gasteiger partial charge is 0.481 e. The number of amides is 1. The molecule has 0 aromatic heterocycles. The Bertz CT molecular complexity index is 512. The summed E-state index contributed by atoms with van der Waals surface area (Å²) in [6, 6.07) is 3.31. The normalized spacial score (nSPS) is 21.5. The van der Waals surface area contributed by atoms with E-state index in [1.807, 2.05) is 0 Å². The minimum atomic E-state index is -0.926. The molecule has 0 radical (unpaired) electrons. The first kappa shape index (κ1) is 13.8. The van der Waals surface area contributed by atoms with Gasteiger partial charge in [-0.2, -0.15) is 0 Å². The molecule has 2 atom stereocenters. The van der Waals surface area contributed by atoms with E-state index in [2.05, 4.69) is 37.2 Å². The molecule has 2 N–H and O–H groups in total. The molecular formula is C11H8Br2ClNO3. The van der Waals surface area contributed by atoms with E-state index >= 15 is 0 Å². The zero-order valence-electron chi connectivity index (χ0n) is 8.91. The van der Waals surface area contributed by atoms with E-state index in [1.165, 1.54) is 0 Å². The van der Waals surface area contributed by atoms with Crippen LogP contribution in [0.2, 0.25) is 5.02 Å². The minimum absolute atomic E-state index is 0.286. The second kappa shape index (κ2) is 5.19. The number of nitrogens with one attached hydrogen (secondary N) is 1. The lowest BCUT2D eigenvalue weighted by molar-refractivity contribution is -0.139. The molecule has 1 amide bonds. The van der Waals surface area contributed by atoms with Crippen molar-refractivity contribution in [2.45, 2.75) is 6.42 Å². The highest BCUT2D eigenvalue weighted by molar-refractivity contribution is 9.11. The van der Waals surface area contributed by atoms with Crippen molar-refractivity contribution < 1.29 is 14.7 Å². The first-order chi connectivity index (χ1) is 8.40. The molecule has 18 heavy (non-hydrogen) atoms. The predicted octanol–water partition coefficient (Wildman–Crippen LogP) is 3.52. The van der Waals surface area contributed by atoms with Crippen molar-refractivity contribution >= 4 is 61.0 Å². The lowest BCUT2D eigenvalue weighted by Crippen LogP contribution is -2.17. The number of aliphatic carboxylic acids is 1. The monoisotopic (exact) mass is 395 g/mol. The summed E-state index contributed by atoms with van der Waals surface area (Å²) in [7, 11) is 0. The second-order valence-corrected chi connectivity index (χ2v) is 6.17. The van der Waals surface area contributed by atoms with Crippen LogP contribution in [-0.2, 0) is 9.59 Å². The van der Waals surface area contributed by atoms with Gasteiger partial charge in [0.25, 0.3) is 0 Å². The van der Waals surface area contributed by atoms with Crippen molar-refractivity contribution in [3.63, 3.8) is 0 Å². The third kappa shape index (κ3) is 2.87. The Morgan fingerprint density at radius 1 is 1.28 bits per heavy atom. The number of rotatable bonds is 3. The third-order valence-corrected chi connectivity index (χ3v) is 4.17. The van der Waals surface area contributed by atoms with Crippen molar-refractivity contribution in [3.8, 4) is 0 Å². The van der Waals surface area contributed by atoms with Crippen LogP contribution in [0.4, 0.5) is 5.69 Å². The van der Waals surface area contributed by atoms with Crippen molar-refractivity contribution in [3.05, 3.63) is 26.1 Å². The van der Waals surface area contributed by atoms with Crippen LogP contribution >= 0.6 is 43.5 Å². The number of halogens is 3. The van der Waals surface area contributed by atoms with E-state index in [0.717, 1.165) is 0 Å². The Morgan fingerprint density at radius 2 is 1.83 bits per heavy atom. The molecule has 0 bridgehead atoms. The van der Waals surface area contributed by atoms with Gasteiger partial charge in [-0.15, -0.1) is 0 Å². The van der Waals surface area contributed by atoms with Gasteiger partial charge in [0.05, 0.1) is 17.5 Å². The molecule has 1 aromatic rings. The van der Waals surface area contributed by atoms with Crippen LogP contribution in [0.5, 0.6) is 0 Å². The first-order valence-electron chi connectivity index (χ1n) is 5.08. The van der Waals surface area contributed by atoms with Gasteiger partial charge in [-0.05, 0) is 50.4 Å². The van der Waals surface area contributed by atoms with E-state index < -0.39 is 17.8 Å². The molecular weight excluding hydrogens is 389 g/mol. The number of carbonyl (C=O) groups excluding carboxylic acids is 1. The highest BCUT2D eigenvalue weighted by Gasteiger charge is 2.48. The van der Waals surface area contributed by atoms with Gasteiger partial charge in [-0.25, -0.2) is 0 Å². The number of anilines is 1. The van der Waals surface area contributed by atoms with Crippen LogP contribution in [0.15, 0.2) is 21.1 Å². The maximum absolute atomic E-state index is 11.8. The van der Waals surface area contributed by atoms with Crippen LogP contribution in [0, 0.1) is 11.8 Å². The summed E-state index contributed by atoms with van der Waals surface area (Å²) in [5.74, 6) is -2.22. The van der Waals surface area contributed by atoms with Crippen molar-refractivity contribution in [1.29, 1.82) is 0 Å². The molecule has 2 unspecified atom stereocenters. The van der Waals surface area contributed by atoms with Crippen molar-refractivity contribution in [1.82, 2.24) is 0 Å². The number of hydrogen-bond donors (Lipinski definition) is 2. The summed E-state index contributed by atoms with van der Waals surface area (Å²) in [4.78, 5) is 22.5. The molecule has 1 aliphatic rings. The topological polar surface area (TPSA) is 66.4 Å². The third-order valence-electron chi connectivity index (χ3n) is 2.70. The summed E-state index contributed by atoms with van der Waals surface area (Å²) in [6.45, 7) is 0. The quantitative estimate of drug-likeness (QED) is 0.820. The average molecular weight is 397 g/mol. The minimum Gasteiger partial charge on any atom is -0.481 e. The van der Waals surface area contributed by atoms with Crippen molar-refractivity contribution in [2.75, 3.05) is 5.32 Å². The number of carboxylic acids is 1. The maximum atomic E-state index is 11.8. The zero-order valence-corrected chi connectivity index (χ0v) is 12.8. The first-order valence-corrected chi connectivity index (χ1v) is 7.04. The molecule has 1 fully saturated rings. The Morgan fingerprint density at radius 3 is 2.28 bits per heavy atom. The van der Waals surface area contributed by atoms with Gasteiger partial charge in [-0.3, -0.25) is 9.59 Å². The zero-order chi connectivity index (χ0) is 13.4. The molecule has 0 spiro atoms. The van der Waals surface area contributed by atoms with Gasteiger partial charge in [0.1, 0.15) is 0 Å². The molecule has 1 saturated carbocycles. The molecule has 2 rings (SSSR count). The highest BCUT2D eigenvalue weighted by atomic mass is 79.9. The summed E-state index contributed by atoms with van der Waals surface area (Å²) >= 11 is 12.4. The molecule has 0 aliphatic heterocycles. The Hall–Kier alpha value is -0.590. The molecule has 0 saturated heterocycles.